The van der Waals surface area contributed by atoms with Gasteiger partial charge in [0, 0.05) is 44.6 Å². The average Bonchev–Trinajstić information content (AvgIpc) is 3.70. The molecule has 0 bridgehead atoms. The van der Waals surface area contributed by atoms with E-state index in [1.165, 1.54) is 16.3 Å². The molecule has 0 amide bonds. The molecule has 1 unspecified atom stereocenters. The predicted molar refractivity (Wildman–Crippen MR) is 200 cm³/mol. The molecule has 5 aromatic carbocycles. The molecule has 2 aliphatic rings. The standard InChI is InChI=1S/C45H29N5/c46-26-29-16-22-34(31-18-20-33(21-19-31)49-41-13-4-1-9-35(41)36-10-2-5-14-42(36)49)39(24-29)38-12-7-8-32(28-48)45(38)50-43-15-6-3-11-37(43)40-25-30(27-47)17-23-44(40)50/h1-2,4-10,12-21,23-25,34H,3,11,22H2. The van der Waals surface area contributed by atoms with Gasteiger partial charge in [-0.15, -0.1) is 0 Å². The van der Waals surface area contributed by atoms with Crippen molar-refractivity contribution in [3.63, 3.8) is 0 Å². The lowest BCUT2D eigenvalue weighted by molar-refractivity contribution is 0.865. The summed E-state index contributed by atoms with van der Waals surface area (Å²) in [5.41, 5.74) is 12.2. The second-order valence-corrected chi connectivity index (χ2v) is 12.9. The van der Waals surface area contributed by atoms with Crippen LogP contribution in [0.25, 0.3) is 55.7 Å². The van der Waals surface area contributed by atoms with E-state index >= 15 is 0 Å². The number of benzene rings is 5. The first-order valence-electron chi connectivity index (χ1n) is 16.9. The fraction of sp³-hybridized carbons (Fsp3) is 0.0889. The molecule has 0 spiro atoms. The van der Waals surface area contributed by atoms with Gasteiger partial charge < -0.3 is 9.13 Å². The third kappa shape index (κ3) is 4.44. The van der Waals surface area contributed by atoms with Gasteiger partial charge >= 0.3 is 0 Å². The zero-order valence-corrected chi connectivity index (χ0v) is 27.1. The van der Waals surface area contributed by atoms with Gasteiger partial charge in [-0.25, -0.2) is 0 Å². The fourth-order valence-corrected chi connectivity index (χ4v) is 8.07. The highest BCUT2D eigenvalue weighted by Gasteiger charge is 2.28. The highest BCUT2D eigenvalue weighted by atomic mass is 15.0. The molecule has 0 fully saturated rings. The molecule has 50 heavy (non-hydrogen) atoms. The molecular weight excluding hydrogens is 611 g/mol. The number of rotatable bonds is 4. The molecule has 2 aliphatic carbocycles. The van der Waals surface area contributed by atoms with Crippen molar-refractivity contribution in [2.45, 2.75) is 25.2 Å². The van der Waals surface area contributed by atoms with Crippen LogP contribution in [0, 0.1) is 34.0 Å². The van der Waals surface area contributed by atoms with E-state index in [9.17, 15) is 15.8 Å². The summed E-state index contributed by atoms with van der Waals surface area (Å²) in [6.07, 6.45) is 10.8. The summed E-state index contributed by atoms with van der Waals surface area (Å²) in [6.45, 7) is 0. The molecule has 7 aromatic rings. The number of hydrogen-bond acceptors (Lipinski definition) is 3. The van der Waals surface area contributed by atoms with Crippen molar-refractivity contribution in [3.05, 3.63) is 167 Å². The molecule has 2 heterocycles. The van der Waals surface area contributed by atoms with Gasteiger partial charge in [0.25, 0.3) is 0 Å². The Labute approximate surface area is 289 Å². The number of aromatic nitrogens is 2. The maximum absolute atomic E-state index is 10.5. The molecule has 9 rings (SSSR count). The highest BCUT2D eigenvalue weighted by Crippen LogP contribution is 2.45. The van der Waals surface area contributed by atoms with Crippen molar-refractivity contribution >= 4 is 44.4 Å². The first-order valence-corrected chi connectivity index (χ1v) is 16.9. The summed E-state index contributed by atoms with van der Waals surface area (Å²) in [7, 11) is 0. The Bertz CT molecular complexity index is 2710. The lowest BCUT2D eigenvalue weighted by atomic mass is 9.79. The van der Waals surface area contributed by atoms with Crippen LogP contribution >= 0.6 is 0 Å². The Kier molecular flexibility index (Phi) is 6.84. The van der Waals surface area contributed by atoms with Crippen LogP contribution in [0.1, 0.15) is 52.3 Å². The summed E-state index contributed by atoms with van der Waals surface area (Å²) in [5.74, 6) is -0.0367. The molecule has 0 saturated carbocycles. The minimum Gasteiger partial charge on any atom is -0.309 e. The molecule has 2 aromatic heterocycles. The van der Waals surface area contributed by atoms with E-state index in [4.69, 9.17) is 0 Å². The van der Waals surface area contributed by atoms with E-state index in [1.807, 2.05) is 42.5 Å². The van der Waals surface area contributed by atoms with Crippen molar-refractivity contribution < 1.29 is 0 Å². The third-order valence-electron chi connectivity index (χ3n) is 10.3. The lowest BCUT2D eigenvalue weighted by Crippen LogP contribution is -2.11. The summed E-state index contributed by atoms with van der Waals surface area (Å²) in [4.78, 5) is 0. The number of aryl methyl sites for hydroxylation is 1. The maximum Gasteiger partial charge on any atom is 0.101 e. The van der Waals surface area contributed by atoms with Crippen LogP contribution in [-0.2, 0) is 6.42 Å². The largest absolute Gasteiger partial charge is 0.309 e. The van der Waals surface area contributed by atoms with Gasteiger partial charge in [0.2, 0.25) is 0 Å². The van der Waals surface area contributed by atoms with Gasteiger partial charge in [0.1, 0.15) is 6.07 Å². The summed E-state index contributed by atoms with van der Waals surface area (Å²) < 4.78 is 4.52. The van der Waals surface area contributed by atoms with Crippen LogP contribution in [-0.4, -0.2) is 9.13 Å². The Morgan fingerprint density at radius 1 is 0.660 bits per heavy atom. The number of nitrogens with zero attached hydrogens (tertiary/aromatic N) is 5. The van der Waals surface area contributed by atoms with Gasteiger partial charge in [-0.05, 0) is 96.6 Å². The van der Waals surface area contributed by atoms with Crippen LogP contribution in [0.4, 0.5) is 0 Å². The topological polar surface area (TPSA) is 81.2 Å². The molecule has 234 valence electrons. The Balaban J connectivity index is 1.22. The number of hydrogen-bond donors (Lipinski definition) is 0. The average molecular weight is 640 g/mol. The smallest absolute Gasteiger partial charge is 0.101 e. The minimum atomic E-state index is -0.0367. The number of para-hydroxylation sites is 3. The Morgan fingerprint density at radius 3 is 2.12 bits per heavy atom. The van der Waals surface area contributed by atoms with Gasteiger partial charge in [-0.1, -0.05) is 72.8 Å². The van der Waals surface area contributed by atoms with E-state index in [2.05, 4.69) is 118 Å². The Morgan fingerprint density at radius 2 is 1.40 bits per heavy atom. The molecule has 5 heteroatoms. The number of allylic oxidation sites excluding steroid dienone is 5. The van der Waals surface area contributed by atoms with Crippen LogP contribution in [0.15, 0.2) is 133 Å². The van der Waals surface area contributed by atoms with Crippen molar-refractivity contribution in [3.8, 4) is 29.6 Å². The first kappa shape index (κ1) is 29.3. The molecule has 0 saturated heterocycles. The summed E-state index contributed by atoms with van der Waals surface area (Å²) in [5, 5.41) is 33.8. The summed E-state index contributed by atoms with van der Waals surface area (Å²) >= 11 is 0. The molecule has 5 nitrogen and oxygen atoms in total. The zero-order valence-electron chi connectivity index (χ0n) is 27.1. The first-order chi connectivity index (χ1) is 24.7. The molecule has 0 N–H and O–H groups in total. The SMILES string of the molecule is N#CC1=CCC(c2ccc(-n3c4ccccc4c4ccccc43)cc2)C(c2cccc(C#N)c2-n2c3c(c4cc(C#N)ccc42)CCC=C3)=C1. The maximum atomic E-state index is 10.5. The van der Waals surface area contributed by atoms with Gasteiger partial charge in [0.15, 0.2) is 0 Å². The second kappa shape index (κ2) is 11.7. The highest BCUT2D eigenvalue weighted by molar-refractivity contribution is 6.09. The van der Waals surface area contributed by atoms with Gasteiger partial charge in [-0.2, -0.15) is 15.8 Å². The molecule has 0 radical (unpaired) electrons. The minimum absolute atomic E-state index is 0.0367. The van der Waals surface area contributed by atoms with Crippen LogP contribution in [0.3, 0.4) is 0 Å². The van der Waals surface area contributed by atoms with Crippen LogP contribution < -0.4 is 0 Å². The van der Waals surface area contributed by atoms with Gasteiger partial charge in [0.05, 0.1) is 45.5 Å². The number of nitriles is 3. The van der Waals surface area contributed by atoms with E-state index in [-0.39, 0.29) is 5.92 Å². The Hall–Kier alpha value is -6.87. The van der Waals surface area contributed by atoms with Crippen molar-refractivity contribution in [2.24, 2.45) is 0 Å². The lowest BCUT2D eigenvalue weighted by Gasteiger charge is -2.27. The van der Waals surface area contributed by atoms with Crippen molar-refractivity contribution in [2.75, 3.05) is 0 Å². The quantitative estimate of drug-likeness (QED) is 0.192. The van der Waals surface area contributed by atoms with E-state index in [1.54, 1.807) is 0 Å². The van der Waals surface area contributed by atoms with E-state index < -0.39 is 0 Å². The molecule has 1 atom stereocenters. The second-order valence-electron chi connectivity index (χ2n) is 12.9. The predicted octanol–water partition coefficient (Wildman–Crippen LogP) is 10.5. The third-order valence-corrected chi connectivity index (χ3v) is 10.3. The van der Waals surface area contributed by atoms with Crippen LogP contribution in [0.2, 0.25) is 0 Å². The van der Waals surface area contributed by atoms with E-state index in [0.717, 1.165) is 68.5 Å². The summed E-state index contributed by atoms with van der Waals surface area (Å²) in [6, 6.07) is 44.7. The monoisotopic (exact) mass is 639 g/mol. The zero-order chi connectivity index (χ0) is 33.8. The van der Waals surface area contributed by atoms with Gasteiger partial charge in [-0.3, -0.25) is 0 Å². The van der Waals surface area contributed by atoms with Crippen molar-refractivity contribution in [1.82, 2.24) is 9.13 Å². The number of fused-ring (bicyclic) bond motifs is 6. The van der Waals surface area contributed by atoms with Crippen LogP contribution in [0.5, 0.6) is 0 Å². The molecular formula is C45H29N5. The normalized spacial score (nSPS) is 15.3. The fourth-order valence-electron chi connectivity index (χ4n) is 8.07. The molecule has 0 aliphatic heterocycles. The van der Waals surface area contributed by atoms with E-state index in [0.29, 0.717) is 23.1 Å². The van der Waals surface area contributed by atoms with Crippen molar-refractivity contribution in [1.29, 1.82) is 15.8 Å².